The lowest BCUT2D eigenvalue weighted by molar-refractivity contribution is -0.153. The van der Waals surface area contributed by atoms with E-state index < -0.39 is 6.23 Å². The number of carbonyl (C=O) groups excluding carboxylic acids is 2. The van der Waals surface area contributed by atoms with Crippen molar-refractivity contribution in [1.82, 2.24) is 4.90 Å². The van der Waals surface area contributed by atoms with E-state index in [0.717, 1.165) is 0 Å². The van der Waals surface area contributed by atoms with Crippen LogP contribution in [-0.4, -0.2) is 36.0 Å². The molecule has 4 nitrogen and oxygen atoms in total. The average Bonchev–Trinajstić information content (AvgIpc) is 2.41. The molecular weight excluding hydrogens is 158 g/mol. The molecule has 64 valence electrons. The molecule has 0 aromatic rings. The highest BCUT2D eigenvalue weighted by molar-refractivity contribution is 5.99. The van der Waals surface area contributed by atoms with E-state index >= 15 is 0 Å². The Morgan fingerprint density at radius 2 is 2.25 bits per heavy atom. The lowest BCUT2D eigenvalue weighted by atomic mass is 10.2. The highest BCUT2D eigenvalue weighted by atomic mass is 16.5. The van der Waals surface area contributed by atoms with E-state index in [-0.39, 0.29) is 18.3 Å². The van der Waals surface area contributed by atoms with Crippen molar-refractivity contribution in [1.29, 1.82) is 0 Å². The number of ketones is 1. The Labute approximate surface area is 69.8 Å². The number of rotatable bonds is 0. The SMILES string of the molecule is C=C1COC2C(=O)CCN2C1=O. The molecule has 2 rings (SSSR count). The predicted molar refractivity (Wildman–Crippen MR) is 40.2 cm³/mol. The Kier molecular flexibility index (Phi) is 1.51. The van der Waals surface area contributed by atoms with Crippen LogP contribution in [0.2, 0.25) is 0 Å². The summed E-state index contributed by atoms with van der Waals surface area (Å²) in [4.78, 5) is 23.9. The molecule has 12 heavy (non-hydrogen) atoms. The Bertz CT molecular complexity index is 271. The quantitative estimate of drug-likeness (QED) is 0.465. The van der Waals surface area contributed by atoms with Crippen molar-refractivity contribution in [2.45, 2.75) is 12.6 Å². The molecule has 2 aliphatic heterocycles. The number of fused-ring (bicyclic) bond motifs is 1. The van der Waals surface area contributed by atoms with E-state index in [9.17, 15) is 9.59 Å². The molecule has 0 aromatic heterocycles. The van der Waals surface area contributed by atoms with E-state index in [1.807, 2.05) is 0 Å². The van der Waals surface area contributed by atoms with Crippen molar-refractivity contribution in [2.75, 3.05) is 13.2 Å². The van der Waals surface area contributed by atoms with Crippen LogP contribution in [0.1, 0.15) is 6.42 Å². The van der Waals surface area contributed by atoms with Crippen LogP contribution in [0.15, 0.2) is 12.2 Å². The van der Waals surface area contributed by atoms with Crippen LogP contribution in [0.4, 0.5) is 0 Å². The van der Waals surface area contributed by atoms with Gasteiger partial charge in [-0.05, 0) is 0 Å². The Balaban J connectivity index is 2.25. The van der Waals surface area contributed by atoms with Crippen molar-refractivity contribution in [3.63, 3.8) is 0 Å². The zero-order valence-electron chi connectivity index (χ0n) is 6.58. The van der Waals surface area contributed by atoms with Crippen LogP contribution in [0.5, 0.6) is 0 Å². The third kappa shape index (κ3) is 0.881. The highest BCUT2D eigenvalue weighted by Crippen LogP contribution is 2.22. The van der Waals surface area contributed by atoms with Crippen molar-refractivity contribution in [3.05, 3.63) is 12.2 Å². The first-order valence-electron chi connectivity index (χ1n) is 3.83. The van der Waals surface area contributed by atoms with Crippen molar-refractivity contribution in [2.24, 2.45) is 0 Å². The first-order valence-corrected chi connectivity index (χ1v) is 3.83. The number of hydrogen-bond donors (Lipinski definition) is 0. The largest absolute Gasteiger partial charge is 0.346 e. The monoisotopic (exact) mass is 167 g/mol. The average molecular weight is 167 g/mol. The van der Waals surface area contributed by atoms with Gasteiger partial charge in [-0.25, -0.2) is 0 Å². The van der Waals surface area contributed by atoms with Gasteiger partial charge in [0.1, 0.15) is 0 Å². The van der Waals surface area contributed by atoms with Crippen LogP contribution < -0.4 is 0 Å². The van der Waals surface area contributed by atoms with Crippen LogP contribution in [0.3, 0.4) is 0 Å². The molecule has 1 unspecified atom stereocenters. The number of Topliss-reactive ketones (excluding diaryl/α,β-unsaturated/α-hetero) is 1. The van der Waals surface area contributed by atoms with Crippen LogP contribution >= 0.6 is 0 Å². The molecule has 2 fully saturated rings. The first-order chi connectivity index (χ1) is 5.70. The molecule has 0 N–H and O–H groups in total. The van der Waals surface area contributed by atoms with Gasteiger partial charge in [-0.3, -0.25) is 9.59 Å². The third-order valence-corrected chi connectivity index (χ3v) is 2.14. The summed E-state index contributed by atoms with van der Waals surface area (Å²) in [6, 6.07) is 0. The zero-order valence-corrected chi connectivity index (χ0v) is 6.58. The van der Waals surface area contributed by atoms with Crippen LogP contribution in [0, 0.1) is 0 Å². The van der Waals surface area contributed by atoms with E-state index in [1.54, 1.807) is 0 Å². The minimum Gasteiger partial charge on any atom is -0.346 e. The molecule has 2 saturated heterocycles. The number of amides is 1. The first kappa shape index (κ1) is 7.49. The van der Waals surface area contributed by atoms with Crippen molar-refractivity contribution >= 4 is 11.7 Å². The predicted octanol–water partition coefficient (Wildman–Crippen LogP) is -0.300. The second-order valence-corrected chi connectivity index (χ2v) is 2.98. The fraction of sp³-hybridized carbons (Fsp3) is 0.500. The molecule has 0 radical (unpaired) electrons. The Hall–Kier alpha value is -1.16. The second kappa shape index (κ2) is 2.42. The maximum absolute atomic E-state index is 11.3. The van der Waals surface area contributed by atoms with Crippen LogP contribution in [-0.2, 0) is 14.3 Å². The summed E-state index contributed by atoms with van der Waals surface area (Å²) in [7, 11) is 0. The van der Waals surface area contributed by atoms with E-state index in [0.29, 0.717) is 18.5 Å². The number of carbonyl (C=O) groups is 2. The van der Waals surface area contributed by atoms with Gasteiger partial charge in [-0.15, -0.1) is 0 Å². The van der Waals surface area contributed by atoms with Gasteiger partial charge in [-0.2, -0.15) is 0 Å². The minimum atomic E-state index is -0.622. The van der Waals surface area contributed by atoms with Gasteiger partial charge >= 0.3 is 0 Å². The van der Waals surface area contributed by atoms with Gasteiger partial charge in [0, 0.05) is 18.5 Å². The molecular formula is C8H9NO3. The maximum atomic E-state index is 11.3. The van der Waals surface area contributed by atoms with Gasteiger partial charge in [-0.1, -0.05) is 6.58 Å². The van der Waals surface area contributed by atoms with Crippen LogP contribution in [0.25, 0.3) is 0 Å². The normalized spacial score (nSPS) is 29.5. The maximum Gasteiger partial charge on any atom is 0.253 e. The Morgan fingerprint density at radius 1 is 1.50 bits per heavy atom. The van der Waals surface area contributed by atoms with Gasteiger partial charge in [0.25, 0.3) is 5.91 Å². The molecule has 2 heterocycles. The molecule has 0 spiro atoms. The number of ether oxygens (including phenoxy) is 1. The van der Waals surface area contributed by atoms with E-state index in [2.05, 4.69) is 6.58 Å². The third-order valence-electron chi connectivity index (χ3n) is 2.14. The summed E-state index contributed by atoms with van der Waals surface area (Å²) in [5, 5.41) is 0. The molecule has 0 bridgehead atoms. The molecule has 4 heteroatoms. The molecule has 0 saturated carbocycles. The molecule has 1 atom stereocenters. The van der Waals surface area contributed by atoms with Gasteiger partial charge in [0.2, 0.25) is 0 Å². The topological polar surface area (TPSA) is 46.6 Å². The molecule has 0 aliphatic carbocycles. The zero-order chi connectivity index (χ0) is 8.72. The lowest BCUT2D eigenvalue weighted by Gasteiger charge is -2.29. The van der Waals surface area contributed by atoms with Gasteiger partial charge < -0.3 is 9.64 Å². The molecule has 1 amide bonds. The number of hydrogen-bond acceptors (Lipinski definition) is 3. The van der Waals surface area contributed by atoms with Crippen molar-refractivity contribution in [3.8, 4) is 0 Å². The van der Waals surface area contributed by atoms with E-state index in [1.165, 1.54) is 4.90 Å². The fourth-order valence-electron chi connectivity index (χ4n) is 1.48. The summed E-state index contributed by atoms with van der Waals surface area (Å²) in [5.41, 5.74) is 0.431. The lowest BCUT2D eigenvalue weighted by Crippen LogP contribution is -2.45. The summed E-state index contributed by atoms with van der Waals surface area (Å²) in [6.07, 6.45) is -0.216. The second-order valence-electron chi connectivity index (χ2n) is 2.98. The van der Waals surface area contributed by atoms with Gasteiger partial charge in [0.05, 0.1) is 6.61 Å². The summed E-state index contributed by atoms with van der Waals surface area (Å²) in [6.45, 7) is 4.21. The Morgan fingerprint density at radius 3 is 3.00 bits per heavy atom. The highest BCUT2D eigenvalue weighted by Gasteiger charge is 2.40. The molecule has 2 aliphatic rings. The summed E-state index contributed by atoms with van der Waals surface area (Å²) >= 11 is 0. The summed E-state index contributed by atoms with van der Waals surface area (Å²) in [5.74, 6) is -0.145. The minimum absolute atomic E-state index is 0.00384. The van der Waals surface area contributed by atoms with E-state index in [4.69, 9.17) is 4.74 Å². The van der Waals surface area contributed by atoms with Gasteiger partial charge in [0.15, 0.2) is 12.0 Å². The standard InChI is InChI=1S/C8H9NO3/c1-5-4-12-8-6(10)2-3-9(8)7(5)11/h8H,1-4H2. The van der Waals surface area contributed by atoms with Crippen molar-refractivity contribution < 1.29 is 14.3 Å². The number of nitrogens with zero attached hydrogens (tertiary/aromatic N) is 1. The summed E-state index contributed by atoms with van der Waals surface area (Å²) < 4.78 is 5.15. The smallest absolute Gasteiger partial charge is 0.253 e. The fourth-order valence-corrected chi connectivity index (χ4v) is 1.48. The molecule has 0 aromatic carbocycles.